The number of anilines is 1. The summed E-state index contributed by atoms with van der Waals surface area (Å²) >= 11 is 0. The Morgan fingerprint density at radius 1 is 1.19 bits per heavy atom. The van der Waals surface area contributed by atoms with E-state index >= 15 is 0 Å². The molecule has 6 nitrogen and oxygen atoms in total. The van der Waals surface area contributed by atoms with E-state index in [-0.39, 0.29) is 22.7 Å². The van der Waals surface area contributed by atoms with Crippen LogP contribution in [0.3, 0.4) is 0 Å². The molecule has 0 bridgehead atoms. The van der Waals surface area contributed by atoms with Gasteiger partial charge in [-0.05, 0) is 47.9 Å². The van der Waals surface area contributed by atoms with Crippen molar-refractivity contribution in [3.8, 4) is 0 Å². The van der Waals surface area contributed by atoms with E-state index in [1.54, 1.807) is 19.1 Å². The van der Waals surface area contributed by atoms with Crippen molar-refractivity contribution < 1.29 is 4.79 Å². The first-order chi connectivity index (χ1) is 12.1. The summed E-state index contributed by atoms with van der Waals surface area (Å²) in [7, 11) is 0. The number of allylic oxidation sites excluding steroid dienone is 1. The number of rotatable bonds is 4. The lowest BCUT2D eigenvalue weighted by Gasteiger charge is -2.19. The zero-order valence-electron chi connectivity index (χ0n) is 15.4. The van der Waals surface area contributed by atoms with Crippen molar-refractivity contribution in [3.63, 3.8) is 0 Å². The van der Waals surface area contributed by atoms with Gasteiger partial charge in [0.15, 0.2) is 0 Å². The molecule has 2 aromatic rings. The zero-order chi connectivity index (χ0) is 19.5. The molecule has 0 saturated carbocycles. The summed E-state index contributed by atoms with van der Waals surface area (Å²) in [6, 6.07) is 8.74. The average Bonchev–Trinajstić information content (AvgIpc) is 2.61. The van der Waals surface area contributed by atoms with E-state index in [2.05, 4.69) is 31.1 Å². The van der Waals surface area contributed by atoms with E-state index in [4.69, 9.17) is 11.1 Å². The number of hydrogen-bond donors (Lipinski definition) is 4. The number of carbonyl (C=O) groups is 1. The Hall–Kier alpha value is -3.15. The maximum Gasteiger partial charge on any atom is 0.271 e. The van der Waals surface area contributed by atoms with E-state index in [0.29, 0.717) is 16.7 Å². The summed E-state index contributed by atoms with van der Waals surface area (Å²) in [6.07, 6.45) is 2.74. The SMILES string of the molecule is C/C(=C/N)C(=N)c1c[nH]c(=O)c(NC(=O)c2ccc(C(C)(C)C)cc2)c1. The molecule has 1 heterocycles. The van der Waals surface area contributed by atoms with Gasteiger partial charge in [0.1, 0.15) is 5.69 Å². The molecule has 5 N–H and O–H groups in total. The number of benzene rings is 1. The quantitative estimate of drug-likeness (QED) is 0.634. The highest BCUT2D eigenvalue weighted by atomic mass is 16.2. The van der Waals surface area contributed by atoms with E-state index < -0.39 is 5.56 Å². The molecule has 1 amide bonds. The third kappa shape index (κ3) is 4.27. The van der Waals surface area contributed by atoms with Crippen LogP contribution in [0.25, 0.3) is 0 Å². The van der Waals surface area contributed by atoms with E-state index in [9.17, 15) is 9.59 Å². The number of nitrogens with two attached hydrogens (primary N) is 1. The molecule has 1 aromatic heterocycles. The standard InChI is InChI=1S/C20H24N4O2/c1-12(10-21)17(22)14-9-16(19(26)23-11-14)24-18(25)13-5-7-15(8-6-13)20(2,3)4/h5-11,22H,21H2,1-4H3,(H,23,26)(H,24,25)/b12-10-,22-17?. The van der Waals surface area contributed by atoms with Crippen LogP contribution in [0, 0.1) is 5.41 Å². The maximum absolute atomic E-state index is 12.4. The highest BCUT2D eigenvalue weighted by Crippen LogP contribution is 2.22. The Balaban J connectivity index is 2.26. The minimum atomic E-state index is -0.435. The molecule has 6 heteroatoms. The summed E-state index contributed by atoms with van der Waals surface area (Å²) < 4.78 is 0. The number of hydrogen-bond acceptors (Lipinski definition) is 4. The van der Waals surface area contributed by atoms with Gasteiger partial charge in [-0.25, -0.2) is 0 Å². The summed E-state index contributed by atoms with van der Waals surface area (Å²) in [4.78, 5) is 27.0. The fourth-order valence-corrected chi connectivity index (χ4v) is 2.35. The molecule has 0 aliphatic carbocycles. The Bertz CT molecular complexity index is 916. The van der Waals surface area contributed by atoms with Gasteiger partial charge in [0, 0.05) is 17.3 Å². The molecule has 0 aliphatic rings. The molecule has 0 radical (unpaired) electrons. The number of amides is 1. The van der Waals surface area contributed by atoms with Crippen LogP contribution in [0.1, 0.15) is 49.2 Å². The highest BCUT2D eigenvalue weighted by molar-refractivity contribution is 6.11. The summed E-state index contributed by atoms with van der Waals surface area (Å²) in [6.45, 7) is 7.99. The second kappa shape index (κ2) is 7.39. The van der Waals surface area contributed by atoms with E-state index in [1.807, 2.05) is 12.1 Å². The van der Waals surface area contributed by atoms with E-state index in [1.165, 1.54) is 18.5 Å². The fraction of sp³-hybridized carbons (Fsp3) is 0.250. The largest absolute Gasteiger partial charge is 0.404 e. The van der Waals surface area contributed by atoms with Crippen molar-refractivity contribution in [3.05, 3.63) is 75.3 Å². The van der Waals surface area contributed by atoms with Crippen LogP contribution >= 0.6 is 0 Å². The lowest BCUT2D eigenvalue weighted by atomic mass is 9.87. The molecule has 2 rings (SSSR count). The number of aromatic amines is 1. The topological polar surface area (TPSA) is 112 Å². The lowest BCUT2D eigenvalue weighted by Crippen LogP contribution is -2.21. The van der Waals surface area contributed by atoms with Gasteiger partial charge in [0.05, 0.1) is 5.71 Å². The molecule has 0 saturated heterocycles. The van der Waals surface area contributed by atoms with Crippen LogP contribution in [0.15, 0.2) is 53.1 Å². The summed E-state index contributed by atoms with van der Waals surface area (Å²) in [5.74, 6) is -0.384. The minimum absolute atomic E-state index is 0.00475. The molecular weight excluding hydrogens is 328 g/mol. The van der Waals surface area contributed by atoms with Crippen LogP contribution in [-0.2, 0) is 5.41 Å². The molecular formula is C20H24N4O2. The molecule has 1 aromatic carbocycles. The van der Waals surface area contributed by atoms with Gasteiger partial charge in [0.2, 0.25) is 0 Å². The number of carbonyl (C=O) groups excluding carboxylic acids is 1. The van der Waals surface area contributed by atoms with Gasteiger partial charge in [-0.1, -0.05) is 32.9 Å². The smallest absolute Gasteiger partial charge is 0.271 e. The van der Waals surface area contributed by atoms with Crippen LogP contribution in [0.2, 0.25) is 0 Å². The first kappa shape index (κ1) is 19.2. The maximum atomic E-state index is 12.4. The van der Waals surface area contributed by atoms with E-state index in [0.717, 1.165) is 5.56 Å². The van der Waals surface area contributed by atoms with Crippen molar-refractivity contribution in [2.24, 2.45) is 5.73 Å². The van der Waals surface area contributed by atoms with Crippen LogP contribution in [-0.4, -0.2) is 16.6 Å². The normalized spacial score (nSPS) is 11.9. The zero-order valence-corrected chi connectivity index (χ0v) is 15.4. The van der Waals surface area contributed by atoms with Gasteiger partial charge in [-0.15, -0.1) is 0 Å². The Morgan fingerprint density at radius 2 is 1.81 bits per heavy atom. The second-order valence-electron chi connectivity index (χ2n) is 7.14. The summed E-state index contributed by atoms with van der Waals surface area (Å²) in [5, 5.41) is 10.7. The van der Waals surface area contributed by atoms with Crippen molar-refractivity contribution in [2.45, 2.75) is 33.1 Å². The van der Waals surface area contributed by atoms with Gasteiger partial charge in [-0.2, -0.15) is 0 Å². The van der Waals surface area contributed by atoms with Crippen LogP contribution in [0.4, 0.5) is 5.69 Å². The molecule has 0 atom stereocenters. The van der Waals surface area contributed by atoms with Crippen molar-refractivity contribution in [1.29, 1.82) is 5.41 Å². The predicted octanol–water partition coefficient (Wildman–Crippen LogP) is 3.16. The lowest BCUT2D eigenvalue weighted by molar-refractivity contribution is 0.102. The number of nitrogens with one attached hydrogen (secondary N) is 3. The molecule has 0 fully saturated rings. The van der Waals surface area contributed by atoms with Gasteiger partial charge >= 0.3 is 0 Å². The molecule has 136 valence electrons. The Labute approximate surface area is 152 Å². The molecule has 0 aliphatic heterocycles. The average molecular weight is 352 g/mol. The van der Waals surface area contributed by atoms with Crippen LogP contribution < -0.4 is 16.6 Å². The van der Waals surface area contributed by atoms with Gasteiger partial charge < -0.3 is 16.0 Å². The third-order valence-electron chi connectivity index (χ3n) is 4.10. The van der Waals surface area contributed by atoms with Crippen molar-refractivity contribution in [2.75, 3.05) is 5.32 Å². The Kier molecular flexibility index (Phi) is 5.45. The van der Waals surface area contributed by atoms with Gasteiger partial charge in [0.25, 0.3) is 11.5 Å². The van der Waals surface area contributed by atoms with Crippen LogP contribution in [0.5, 0.6) is 0 Å². The van der Waals surface area contributed by atoms with Crippen molar-refractivity contribution >= 4 is 17.3 Å². The molecule has 26 heavy (non-hydrogen) atoms. The number of H-pyrrole nitrogens is 1. The Morgan fingerprint density at radius 3 is 2.35 bits per heavy atom. The third-order valence-corrected chi connectivity index (χ3v) is 4.10. The molecule has 0 unspecified atom stereocenters. The minimum Gasteiger partial charge on any atom is -0.404 e. The van der Waals surface area contributed by atoms with Gasteiger partial charge in [-0.3, -0.25) is 15.0 Å². The monoisotopic (exact) mass is 352 g/mol. The molecule has 0 spiro atoms. The fourth-order valence-electron chi connectivity index (χ4n) is 2.35. The summed E-state index contributed by atoms with van der Waals surface area (Å²) in [5.41, 5.74) is 7.85. The second-order valence-corrected chi connectivity index (χ2v) is 7.14. The first-order valence-corrected chi connectivity index (χ1v) is 8.26. The first-order valence-electron chi connectivity index (χ1n) is 8.26. The van der Waals surface area contributed by atoms with Crippen molar-refractivity contribution in [1.82, 2.24) is 4.98 Å². The number of pyridine rings is 1. The number of aromatic nitrogens is 1. The highest BCUT2D eigenvalue weighted by Gasteiger charge is 2.15. The predicted molar refractivity (Wildman–Crippen MR) is 105 cm³/mol.